The summed E-state index contributed by atoms with van der Waals surface area (Å²) in [5.41, 5.74) is 2.66. The number of nitrogens with zero attached hydrogens (tertiary/aromatic N) is 4. The predicted molar refractivity (Wildman–Crippen MR) is 145 cm³/mol. The normalized spacial score (nSPS) is 17.4. The van der Waals surface area contributed by atoms with Crippen molar-refractivity contribution in [1.82, 2.24) is 25.6 Å². The minimum atomic E-state index is -0.389. The Bertz CT molecular complexity index is 1360. The van der Waals surface area contributed by atoms with Crippen molar-refractivity contribution >= 4 is 52.1 Å². The van der Waals surface area contributed by atoms with Crippen molar-refractivity contribution in [2.75, 3.05) is 24.5 Å². The number of imide groups is 1. The maximum atomic E-state index is 11.8. The second-order valence-electron chi connectivity index (χ2n) is 8.96. The van der Waals surface area contributed by atoms with Crippen LogP contribution in [0.4, 0.5) is 10.7 Å². The molecule has 2 aliphatic rings. The fourth-order valence-electron chi connectivity index (χ4n) is 4.29. The molecule has 0 aromatic carbocycles. The number of amides is 2. The molecule has 0 radical (unpaired) electrons. The van der Waals surface area contributed by atoms with Crippen molar-refractivity contribution in [1.29, 1.82) is 0 Å². The van der Waals surface area contributed by atoms with E-state index in [1.165, 1.54) is 11.3 Å². The molecule has 0 bridgehead atoms. The molecule has 3 aromatic rings. The average molecular weight is 535 g/mol. The first-order chi connectivity index (χ1) is 17.9. The number of hydrogen-bond donors (Lipinski definition) is 2. The molecule has 2 N–H and O–H groups in total. The maximum absolute atomic E-state index is 11.8. The van der Waals surface area contributed by atoms with Crippen molar-refractivity contribution in [2.24, 2.45) is 5.92 Å². The number of carbonyl (C=O) groups excluding carboxylic acids is 3. The molecule has 9 nitrogen and oxygen atoms in total. The zero-order valence-corrected chi connectivity index (χ0v) is 21.9. The Balaban J connectivity index is 1.11. The van der Waals surface area contributed by atoms with Crippen LogP contribution in [0.5, 0.6) is 0 Å². The van der Waals surface area contributed by atoms with Gasteiger partial charge in [0.2, 0.25) is 5.95 Å². The number of anilines is 1. The molecule has 2 saturated heterocycles. The Morgan fingerprint density at radius 2 is 1.97 bits per heavy atom. The summed E-state index contributed by atoms with van der Waals surface area (Å²) in [7, 11) is 0. The summed E-state index contributed by atoms with van der Waals surface area (Å²) in [6.07, 6.45) is 7.18. The topological polar surface area (TPSA) is 117 Å². The molecule has 2 amide bonds. The largest absolute Gasteiger partial charge is 0.341 e. The van der Waals surface area contributed by atoms with E-state index in [4.69, 9.17) is 0 Å². The van der Waals surface area contributed by atoms with Crippen LogP contribution in [0.15, 0.2) is 47.6 Å². The Hall–Kier alpha value is -3.41. The number of piperidine rings is 1. The fraction of sp³-hybridized carbons (Fsp3) is 0.308. The van der Waals surface area contributed by atoms with Gasteiger partial charge in [0.25, 0.3) is 11.1 Å². The van der Waals surface area contributed by atoms with E-state index in [-0.39, 0.29) is 16.9 Å². The van der Waals surface area contributed by atoms with Gasteiger partial charge in [0, 0.05) is 32.0 Å². The standard InChI is InChI=1S/C26H26N6O3S2/c1-16(33)21-2-3-22(36-21)20-12-18(4-8-28-20)15-27-14-17-6-10-32(11-7-17)25-29-9-5-19(30-25)13-23-24(34)31-26(35)37-23/h2-5,8-9,12-13,17,27H,6-7,10-11,14-15H2,1H3,(H,31,34,35)/b23-13+. The number of hydrogen-bond acceptors (Lipinski definition) is 10. The van der Waals surface area contributed by atoms with Crippen LogP contribution >= 0.6 is 23.1 Å². The number of aromatic nitrogens is 3. The molecule has 0 atom stereocenters. The van der Waals surface area contributed by atoms with Gasteiger partial charge in [-0.1, -0.05) is 0 Å². The molecule has 11 heteroatoms. The Morgan fingerprint density at radius 1 is 1.16 bits per heavy atom. The van der Waals surface area contributed by atoms with Crippen LogP contribution < -0.4 is 15.5 Å². The van der Waals surface area contributed by atoms with Crippen LogP contribution in [0.2, 0.25) is 0 Å². The summed E-state index contributed by atoms with van der Waals surface area (Å²) in [4.78, 5) is 52.5. The zero-order chi connectivity index (χ0) is 25.8. The van der Waals surface area contributed by atoms with Gasteiger partial charge in [0.1, 0.15) is 0 Å². The van der Waals surface area contributed by atoms with E-state index in [1.807, 2.05) is 24.4 Å². The van der Waals surface area contributed by atoms with E-state index in [0.29, 0.717) is 22.5 Å². The van der Waals surface area contributed by atoms with Crippen molar-refractivity contribution in [2.45, 2.75) is 26.3 Å². The van der Waals surface area contributed by atoms with Crippen molar-refractivity contribution < 1.29 is 14.4 Å². The third kappa shape index (κ3) is 6.30. The fourth-order valence-corrected chi connectivity index (χ4v) is 5.83. The summed E-state index contributed by atoms with van der Waals surface area (Å²) in [6, 6.07) is 9.64. The van der Waals surface area contributed by atoms with E-state index >= 15 is 0 Å². The number of pyridine rings is 1. The van der Waals surface area contributed by atoms with Crippen molar-refractivity contribution in [3.05, 3.63) is 63.8 Å². The minimum absolute atomic E-state index is 0.0756. The molecule has 0 aliphatic carbocycles. The molecular formula is C26H26N6O3S2. The molecule has 0 saturated carbocycles. The maximum Gasteiger partial charge on any atom is 0.290 e. The first-order valence-electron chi connectivity index (χ1n) is 12.0. The lowest BCUT2D eigenvalue weighted by Gasteiger charge is -2.32. The lowest BCUT2D eigenvalue weighted by molar-refractivity contribution is -0.115. The van der Waals surface area contributed by atoms with Gasteiger partial charge in [0.15, 0.2) is 5.78 Å². The van der Waals surface area contributed by atoms with Crippen molar-refractivity contribution in [3.63, 3.8) is 0 Å². The molecule has 5 heterocycles. The van der Waals surface area contributed by atoms with Gasteiger partial charge in [-0.05, 0) is 86.0 Å². The van der Waals surface area contributed by atoms with Gasteiger partial charge < -0.3 is 10.2 Å². The van der Waals surface area contributed by atoms with E-state index in [0.717, 1.165) is 71.8 Å². The molecule has 5 rings (SSSR count). The predicted octanol–water partition coefficient (Wildman–Crippen LogP) is 4.13. The molecule has 0 spiro atoms. The summed E-state index contributed by atoms with van der Waals surface area (Å²) in [6.45, 7) is 4.98. The van der Waals surface area contributed by atoms with Gasteiger partial charge in [-0.2, -0.15) is 0 Å². The van der Waals surface area contributed by atoms with Gasteiger partial charge in [-0.3, -0.25) is 24.7 Å². The van der Waals surface area contributed by atoms with Gasteiger partial charge >= 0.3 is 0 Å². The smallest absolute Gasteiger partial charge is 0.290 e. The summed E-state index contributed by atoms with van der Waals surface area (Å²) >= 11 is 2.36. The number of carbonyl (C=O) groups is 3. The van der Waals surface area contributed by atoms with Crippen molar-refractivity contribution in [3.8, 4) is 10.6 Å². The Labute approximate surface area is 222 Å². The van der Waals surface area contributed by atoms with E-state index in [2.05, 4.69) is 36.6 Å². The average Bonchev–Trinajstić information content (AvgIpc) is 3.51. The van der Waals surface area contributed by atoms with Crippen LogP contribution in [0.3, 0.4) is 0 Å². The summed E-state index contributed by atoms with van der Waals surface area (Å²) in [5.74, 6) is 0.885. The monoisotopic (exact) mass is 534 g/mol. The molecule has 0 unspecified atom stereocenters. The molecule has 3 aromatic heterocycles. The summed E-state index contributed by atoms with van der Waals surface area (Å²) in [5, 5.41) is 5.47. The van der Waals surface area contributed by atoms with Gasteiger partial charge in [-0.15, -0.1) is 11.3 Å². The Kier molecular flexibility index (Phi) is 7.73. The number of ketones is 1. The number of nitrogens with one attached hydrogen (secondary N) is 2. The number of rotatable bonds is 8. The highest BCUT2D eigenvalue weighted by atomic mass is 32.2. The second kappa shape index (κ2) is 11.3. The van der Waals surface area contributed by atoms with Gasteiger partial charge in [0.05, 0.1) is 26.0 Å². The number of thiophene rings is 1. The SMILES string of the molecule is CC(=O)c1ccc(-c2cc(CNCC3CCN(c4nccc(/C=C5/SC(=O)NC5=O)n4)CC3)ccn2)s1. The molecule has 2 fully saturated rings. The highest BCUT2D eigenvalue weighted by Gasteiger charge is 2.25. The highest BCUT2D eigenvalue weighted by Crippen LogP contribution is 2.28. The number of thioether (sulfide) groups is 1. The lowest BCUT2D eigenvalue weighted by Crippen LogP contribution is -2.38. The third-order valence-electron chi connectivity index (χ3n) is 6.27. The quantitative estimate of drug-likeness (QED) is 0.325. The molecule has 190 valence electrons. The van der Waals surface area contributed by atoms with E-state index in [1.54, 1.807) is 25.3 Å². The number of Topliss-reactive ketones (excluding diaryl/α,β-unsaturated/α-hetero) is 1. The van der Waals surface area contributed by atoms with Crippen LogP contribution in [0, 0.1) is 5.92 Å². The van der Waals surface area contributed by atoms with E-state index < -0.39 is 0 Å². The van der Waals surface area contributed by atoms with Crippen LogP contribution in [-0.4, -0.2) is 51.5 Å². The van der Waals surface area contributed by atoms with Crippen LogP contribution in [-0.2, 0) is 11.3 Å². The molecule has 2 aliphatic heterocycles. The van der Waals surface area contributed by atoms with Crippen LogP contribution in [0.1, 0.15) is 40.7 Å². The lowest BCUT2D eigenvalue weighted by atomic mass is 9.97. The van der Waals surface area contributed by atoms with E-state index in [9.17, 15) is 14.4 Å². The third-order valence-corrected chi connectivity index (χ3v) is 8.29. The zero-order valence-electron chi connectivity index (χ0n) is 20.3. The van der Waals surface area contributed by atoms with Gasteiger partial charge in [-0.25, -0.2) is 9.97 Å². The first-order valence-corrected chi connectivity index (χ1v) is 13.7. The first kappa shape index (κ1) is 25.2. The summed E-state index contributed by atoms with van der Waals surface area (Å²) < 4.78 is 0. The Morgan fingerprint density at radius 3 is 2.70 bits per heavy atom. The van der Waals surface area contributed by atoms with Crippen LogP contribution in [0.25, 0.3) is 16.6 Å². The highest BCUT2D eigenvalue weighted by molar-refractivity contribution is 8.18. The molecular weight excluding hydrogens is 508 g/mol. The second-order valence-corrected chi connectivity index (χ2v) is 11.1. The minimum Gasteiger partial charge on any atom is -0.341 e. The molecule has 37 heavy (non-hydrogen) atoms.